The van der Waals surface area contributed by atoms with Gasteiger partial charge in [-0.15, -0.1) is 0 Å². The van der Waals surface area contributed by atoms with Crippen molar-refractivity contribution in [2.75, 3.05) is 6.61 Å². The van der Waals surface area contributed by atoms with Gasteiger partial charge in [0.05, 0.1) is 6.61 Å². The lowest BCUT2D eigenvalue weighted by atomic mass is 9.95. The molecule has 0 aliphatic rings. The minimum atomic E-state index is -0.306. The molecule has 2 aromatic rings. The molecule has 0 bridgehead atoms. The molecule has 0 spiro atoms. The molecule has 0 atom stereocenters. The second-order valence-corrected chi connectivity index (χ2v) is 3.63. The first-order valence-corrected chi connectivity index (χ1v) is 5.15. The number of aromatic nitrogens is 1. The standard InChI is InChI=1S/C12H12BNO2/c1-3-16-12(15)11-7-8-6-9(13)4-5-10(8)14(11)2/h4-7H,3H2,1-2H3. The molecule has 0 N–H and O–H groups in total. The van der Waals surface area contributed by atoms with E-state index in [2.05, 4.69) is 0 Å². The average molecular weight is 213 g/mol. The topological polar surface area (TPSA) is 31.2 Å². The number of rotatable bonds is 2. The first kappa shape index (κ1) is 10.8. The number of esters is 1. The largest absolute Gasteiger partial charge is 0.461 e. The normalized spacial score (nSPS) is 10.6. The van der Waals surface area contributed by atoms with Crippen LogP contribution in [0.25, 0.3) is 10.9 Å². The van der Waals surface area contributed by atoms with E-state index in [1.54, 1.807) is 13.0 Å². The van der Waals surface area contributed by atoms with E-state index in [9.17, 15) is 4.79 Å². The van der Waals surface area contributed by atoms with Crippen molar-refractivity contribution >= 4 is 30.2 Å². The summed E-state index contributed by atoms with van der Waals surface area (Å²) in [5.41, 5.74) is 2.20. The second-order valence-electron chi connectivity index (χ2n) is 3.63. The van der Waals surface area contributed by atoms with Crippen LogP contribution in [0.3, 0.4) is 0 Å². The summed E-state index contributed by atoms with van der Waals surface area (Å²) in [6.07, 6.45) is 0. The highest BCUT2D eigenvalue weighted by Crippen LogP contribution is 2.17. The number of aryl methyl sites for hydroxylation is 1. The summed E-state index contributed by atoms with van der Waals surface area (Å²) in [7, 11) is 7.53. The number of nitrogens with zero attached hydrogens (tertiary/aromatic N) is 1. The molecule has 0 fully saturated rings. The number of hydrogen-bond donors (Lipinski definition) is 0. The molecule has 1 heterocycles. The third-order valence-corrected chi connectivity index (χ3v) is 2.55. The van der Waals surface area contributed by atoms with E-state index in [-0.39, 0.29) is 5.97 Å². The van der Waals surface area contributed by atoms with Crippen molar-refractivity contribution in [1.29, 1.82) is 0 Å². The predicted octanol–water partition coefficient (Wildman–Crippen LogP) is 1.15. The quantitative estimate of drug-likeness (QED) is 0.553. The maximum atomic E-state index is 11.6. The molecule has 4 heteroatoms. The van der Waals surface area contributed by atoms with Crippen LogP contribution in [0.5, 0.6) is 0 Å². The number of hydrogen-bond acceptors (Lipinski definition) is 2. The third kappa shape index (κ3) is 1.71. The smallest absolute Gasteiger partial charge is 0.354 e. The van der Waals surface area contributed by atoms with Gasteiger partial charge in [-0.05, 0) is 24.4 Å². The van der Waals surface area contributed by atoms with Gasteiger partial charge in [0.2, 0.25) is 0 Å². The van der Waals surface area contributed by atoms with E-state index in [4.69, 9.17) is 12.6 Å². The number of benzene rings is 1. The van der Waals surface area contributed by atoms with E-state index in [0.29, 0.717) is 17.8 Å². The molecule has 80 valence electrons. The molecule has 0 saturated carbocycles. The molecular formula is C12H12BNO2. The van der Waals surface area contributed by atoms with Crippen molar-refractivity contribution in [3.8, 4) is 0 Å². The molecule has 16 heavy (non-hydrogen) atoms. The number of fused-ring (bicyclic) bond motifs is 1. The van der Waals surface area contributed by atoms with Gasteiger partial charge in [-0.3, -0.25) is 0 Å². The van der Waals surface area contributed by atoms with Crippen molar-refractivity contribution in [1.82, 2.24) is 4.57 Å². The molecule has 0 saturated heterocycles. The number of carbonyl (C=O) groups is 1. The van der Waals surface area contributed by atoms with Crippen LogP contribution >= 0.6 is 0 Å². The van der Waals surface area contributed by atoms with E-state index < -0.39 is 0 Å². The Kier molecular flexibility index (Phi) is 2.73. The molecule has 2 radical (unpaired) electrons. The van der Waals surface area contributed by atoms with Crippen molar-refractivity contribution in [3.63, 3.8) is 0 Å². The summed E-state index contributed by atoms with van der Waals surface area (Å²) < 4.78 is 6.79. The molecule has 0 amide bonds. The lowest BCUT2D eigenvalue weighted by molar-refractivity contribution is 0.0516. The van der Waals surface area contributed by atoms with Gasteiger partial charge >= 0.3 is 5.97 Å². The summed E-state index contributed by atoms with van der Waals surface area (Å²) in [5, 5.41) is 0.950. The molecular weight excluding hydrogens is 201 g/mol. The highest BCUT2D eigenvalue weighted by atomic mass is 16.5. The van der Waals surface area contributed by atoms with E-state index in [1.165, 1.54) is 0 Å². The van der Waals surface area contributed by atoms with Crippen molar-refractivity contribution in [3.05, 3.63) is 30.0 Å². The maximum absolute atomic E-state index is 11.6. The summed E-state index contributed by atoms with van der Waals surface area (Å²) in [4.78, 5) is 11.6. The van der Waals surface area contributed by atoms with Crippen LogP contribution in [0.15, 0.2) is 24.3 Å². The Morgan fingerprint density at radius 3 is 2.88 bits per heavy atom. The van der Waals surface area contributed by atoms with Crippen LogP contribution in [0.2, 0.25) is 0 Å². The SMILES string of the molecule is [B]c1ccc2c(c1)cc(C(=O)OCC)n2C. The number of ether oxygens (including phenoxy) is 1. The van der Waals surface area contributed by atoms with Gasteiger partial charge in [0.15, 0.2) is 0 Å². The van der Waals surface area contributed by atoms with Crippen LogP contribution in [0, 0.1) is 0 Å². The van der Waals surface area contributed by atoms with Gasteiger partial charge in [0.1, 0.15) is 13.5 Å². The summed E-state index contributed by atoms with van der Waals surface area (Å²) in [6, 6.07) is 7.35. The predicted molar refractivity (Wildman–Crippen MR) is 64.3 cm³/mol. The van der Waals surface area contributed by atoms with Gasteiger partial charge in [0.25, 0.3) is 0 Å². The Bertz CT molecular complexity index is 545. The summed E-state index contributed by atoms with van der Waals surface area (Å²) in [6.45, 7) is 2.17. The Morgan fingerprint density at radius 1 is 1.44 bits per heavy atom. The zero-order valence-corrected chi connectivity index (χ0v) is 9.36. The molecule has 2 rings (SSSR count). The monoisotopic (exact) mass is 213 g/mol. The lowest BCUT2D eigenvalue weighted by Gasteiger charge is -2.03. The Labute approximate surface area is 95.4 Å². The first-order chi connectivity index (χ1) is 7.63. The van der Waals surface area contributed by atoms with Gasteiger partial charge in [-0.25, -0.2) is 4.79 Å². The van der Waals surface area contributed by atoms with Crippen LogP contribution in [-0.4, -0.2) is 25.0 Å². The van der Waals surface area contributed by atoms with E-state index in [1.807, 2.05) is 29.8 Å². The van der Waals surface area contributed by atoms with Gasteiger partial charge in [-0.1, -0.05) is 17.6 Å². The molecule has 0 aliphatic heterocycles. The van der Waals surface area contributed by atoms with Crippen LogP contribution in [-0.2, 0) is 11.8 Å². The molecule has 0 unspecified atom stereocenters. The lowest BCUT2D eigenvalue weighted by Crippen LogP contribution is -2.09. The third-order valence-electron chi connectivity index (χ3n) is 2.55. The van der Waals surface area contributed by atoms with Crippen molar-refractivity contribution < 1.29 is 9.53 Å². The Balaban J connectivity index is 2.55. The zero-order valence-electron chi connectivity index (χ0n) is 9.36. The fraction of sp³-hybridized carbons (Fsp3) is 0.250. The average Bonchev–Trinajstić information content (AvgIpc) is 2.56. The molecule has 0 aliphatic carbocycles. The van der Waals surface area contributed by atoms with Crippen molar-refractivity contribution in [2.45, 2.75) is 6.92 Å². The fourth-order valence-electron chi connectivity index (χ4n) is 1.77. The van der Waals surface area contributed by atoms with E-state index >= 15 is 0 Å². The Morgan fingerprint density at radius 2 is 2.19 bits per heavy atom. The highest BCUT2D eigenvalue weighted by Gasteiger charge is 2.13. The minimum Gasteiger partial charge on any atom is -0.461 e. The van der Waals surface area contributed by atoms with Gasteiger partial charge < -0.3 is 9.30 Å². The van der Waals surface area contributed by atoms with Crippen LogP contribution in [0.1, 0.15) is 17.4 Å². The van der Waals surface area contributed by atoms with Gasteiger partial charge in [0, 0.05) is 12.6 Å². The van der Waals surface area contributed by atoms with E-state index in [0.717, 1.165) is 10.9 Å². The van der Waals surface area contributed by atoms with Crippen LogP contribution in [0.4, 0.5) is 0 Å². The fourth-order valence-corrected chi connectivity index (χ4v) is 1.77. The zero-order chi connectivity index (χ0) is 11.7. The van der Waals surface area contributed by atoms with Gasteiger partial charge in [-0.2, -0.15) is 0 Å². The minimum absolute atomic E-state index is 0.306. The summed E-state index contributed by atoms with van der Waals surface area (Å²) >= 11 is 0. The summed E-state index contributed by atoms with van der Waals surface area (Å²) in [5.74, 6) is -0.306. The second kappa shape index (κ2) is 4.04. The first-order valence-electron chi connectivity index (χ1n) is 5.15. The van der Waals surface area contributed by atoms with Crippen LogP contribution < -0.4 is 5.46 Å². The molecule has 1 aromatic heterocycles. The maximum Gasteiger partial charge on any atom is 0.354 e. The number of carbonyl (C=O) groups excluding carboxylic acids is 1. The van der Waals surface area contributed by atoms with Crippen molar-refractivity contribution in [2.24, 2.45) is 7.05 Å². The molecule has 1 aromatic carbocycles. The highest BCUT2D eigenvalue weighted by molar-refractivity contribution is 6.33. The Hall–Kier alpha value is -1.71. The molecule has 3 nitrogen and oxygen atoms in total.